The largest absolute Gasteiger partial charge is 0.356 e. The Morgan fingerprint density at radius 2 is 2.26 bits per heavy atom. The van der Waals surface area contributed by atoms with Crippen molar-refractivity contribution in [3.8, 4) is 0 Å². The molecule has 5 nitrogen and oxygen atoms in total. The average Bonchev–Trinajstić information content (AvgIpc) is 2.96. The summed E-state index contributed by atoms with van der Waals surface area (Å²) in [6.07, 6.45) is 3.49. The number of fused-ring (bicyclic) bond motifs is 1. The lowest BCUT2D eigenvalue weighted by Crippen LogP contribution is -2.41. The van der Waals surface area contributed by atoms with Crippen molar-refractivity contribution < 1.29 is 13.7 Å². The zero-order valence-corrected chi connectivity index (χ0v) is 12.9. The number of benzene rings is 1. The fourth-order valence-electron chi connectivity index (χ4n) is 3.03. The minimum absolute atomic E-state index is 0.0192. The van der Waals surface area contributed by atoms with Crippen molar-refractivity contribution in [3.63, 3.8) is 0 Å². The number of hydrogen-bond donors (Lipinski definition) is 1. The molecule has 0 radical (unpaired) electrons. The van der Waals surface area contributed by atoms with E-state index in [2.05, 4.69) is 22.0 Å². The van der Waals surface area contributed by atoms with Crippen LogP contribution in [0, 0.1) is 5.82 Å². The smallest absolute Gasteiger partial charge is 0.234 e. The van der Waals surface area contributed by atoms with E-state index in [1.54, 1.807) is 12.1 Å². The lowest BCUT2D eigenvalue weighted by Gasteiger charge is -2.30. The van der Waals surface area contributed by atoms with Crippen molar-refractivity contribution in [2.75, 3.05) is 26.2 Å². The molecule has 0 unspecified atom stereocenters. The molecule has 23 heavy (non-hydrogen) atoms. The second-order valence-corrected chi connectivity index (χ2v) is 5.85. The highest BCUT2D eigenvalue weighted by Gasteiger charge is 2.25. The molecule has 3 rings (SSSR count). The second kappa shape index (κ2) is 6.91. The molecule has 122 valence electrons. The standard InChI is InChI=1S/C17H20FN3O2/c1-2-7-19-16(22)11-21-8-5-12(6-9-21)17-14-4-3-13(18)10-15(14)23-20-17/h2-4,10,12H,1,5-9,11H2,(H,19,22). The Kier molecular flexibility index (Phi) is 4.71. The quantitative estimate of drug-likeness (QED) is 0.861. The predicted molar refractivity (Wildman–Crippen MR) is 85.6 cm³/mol. The maximum absolute atomic E-state index is 13.2. The van der Waals surface area contributed by atoms with Crippen LogP contribution in [0.15, 0.2) is 35.4 Å². The summed E-state index contributed by atoms with van der Waals surface area (Å²) in [5.74, 6) is -0.0135. The van der Waals surface area contributed by atoms with E-state index in [1.807, 2.05) is 0 Å². The molecular formula is C17H20FN3O2. The van der Waals surface area contributed by atoms with Crippen LogP contribution in [0.25, 0.3) is 11.0 Å². The molecule has 1 aliphatic rings. The van der Waals surface area contributed by atoms with Crippen LogP contribution in [0.2, 0.25) is 0 Å². The SMILES string of the molecule is C=CCNC(=O)CN1CCC(c2noc3cc(F)ccc23)CC1. The summed E-state index contributed by atoms with van der Waals surface area (Å²) in [5, 5.41) is 7.81. The summed E-state index contributed by atoms with van der Waals surface area (Å²) >= 11 is 0. The van der Waals surface area contributed by atoms with Crippen LogP contribution in [0.4, 0.5) is 4.39 Å². The molecule has 2 aromatic rings. The Labute approximate surface area is 134 Å². The lowest BCUT2D eigenvalue weighted by atomic mass is 9.91. The van der Waals surface area contributed by atoms with Gasteiger partial charge < -0.3 is 9.84 Å². The highest BCUT2D eigenvalue weighted by molar-refractivity contribution is 5.80. The maximum atomic E-state index is 13.2. The molecule has 6 heteroatoms. The number of rotatable bonds is 5. The van der Waals surface area contributed by atoms with Gasteiger partial charge in [0.05, 0.1) is 12.2 Å². The van der Waals surface area contributed by atoms with Crippen molar-refractivity contribution in [1.82, 2.24) is 15.4 Å². The minimum atomic E-state index is -0.319. The van der Waals surface area contributed by atoms with Gasteiger partial charge in [-0.05, 0) is 38.1 Å². The molecule has 0 saturated carbocycles. The molecular weight excluding hydrogens is 297 g/mol. The summed E-state index contributed by atoms with van der Waals surface area (Å²) in [6, 6.07) is 4.53. The first-order valence-electron chi connectivity index (χ1n) is 7.82. The van der Waals surface area contributed by atoms with E-state index in [1.165, 1.54) is 12.1 Å². The number of likely N-dealkylation sites (tertiary alicyclic amines) is 1. The van der Waals surface area contributed by atoms with Gasteiger partial charge in [-0.3, -0.25) is 9.69 Å². The Morgan fingerprint density at radius 3 is 3.00 bits per heavy atom. The molecule has 1 fully saturated rings. The number of hydrogen-bond acceptors (Lipinski definition) is 4. The predicted octanol–water partition coefficient (Wildman–Crippen LogP) is 2.45. The highest BCUT2D eigenvalue weighted by atomic mass is 19.1. The molecule has 0 bridgehead atoms. The van der Waals surface area contributed by atoms with Gasteiger partial charge in [0.25, 0.3) is 0 Å². The van der Waals surface area contributed by atoms with E-state index in [4.69, 9.17) is 4.52 Å². The fourth-order valence-corrected chi connectivity index (χ4v) is 3.03. The third-order valence-electron chi connectivity index (χ3n) is 4.25. The van der Waals surface area contributed by atoms with E-state index in [0.29, 0.717) is 18.7 Å². The van der Waals surface area contributed by atoms with Gasteiger partial charge in [-0.15, -0.1) is 6.58 Å². The van der Waals surface area contributed by atoms with E-state index < -0.39 is 0 Å². The van der Waals surface area contributed by atoms with E-state index in [0.717, 1.165) is 37.0 Å². The minimum Gasteiger partial charge on any atom is -0.356 e. The van der Waals surface area contributed by atoms with Gasteiger partial charge in [-0.25, -0.2) is 4.39 Å². The summed E-state index contributed by atoms with van der Waals surface area (Å²) in [6.45, 7) is 6.16. The van der Waals surface area contributed by atoms with Gasteiger partial charge in [0.2, 0.25) is 5.91 Å². The molecule has 0 aliphatic carbocycles. The molecule has 1 aliphatic heterocycles. The Bertz CT molecular complexity index is 705. The van der Waals surface area contributed by atoms with Crippen molar-refractivity contribution in [3.05, 3.63) is 42.4 Å². The summed E-state index contributed by atoms with van der Waals surface area (Å²) in [5.41, 5.74) is 1.39. The van der Waals surface area contributed by atoms with Crippen LogP contribution >= 0.6 is 0 Å². The summed E-state index contributed by atoms with van der Waals surface area (Å²) < 4.78 is 18.5. The second-order valence-electron chi connectivity index (χ2n) is 5.85. The Morgan fingerprint density at radius 1 is 1.48 bits per heavy atom. The first kappa shape index (κ1) is 15.7. The third kappa shape index (κ3) is 3.59. The van der Waals surface area contributed by atoms with E-state index >= 15 is 0 Å². The van der Waals surface area contributed by atoms with Gasteiger partial charge in [0.15, 0.2) is 5.58 Å². The number of piperidine rings is 1. The van der Waals surface area contributed by atoms with Crippen molar-refractivity contribution >= 4 is 16.9 Å². The molecule has 2 heterocycles. The molecule has 1 aromatic carbocycles. The summed E-state index contributed by atoms with van der Waals surface area (Å²) in [4.78, 5) is 13.9. The number of carbonyl (C=O) groups excluding carboxylic acids is 1. The fraction of sp³-hybridized carbons (Fsp3) is 0.412. The first-order valence-corrected chi connectivity index (χ1v) is 7.82. The topological polar surface area (TPSA) is 58.4 Å². The molecule has 0 spiro atoms. The van der Waals surface area contributed by atoms with Crippen LogP contribution < -0.4 is 5.32 Å². The van der Waals surface area contributed by atoms with Gasteiger partial charge in [0, 0.05) is 23.9 Å². The zero-order valence-electron chi connectivity index (χ0n) is 12.9. The molecule has 1 N–H and O–H groups in total. The van der Waals surface area contributed by atoms with Crippen LogP contribution in [0.3, 0.4) is 0 Å². The van der Waals surface area contributed by atoms with E-state index in [9.17, 15) is 9.18 Å². The third-order valence-corrected chi connectivity index (χ3v) is 4.25. The normalized spacial score (nSPS) is 16.6. The van der Waals surface area contributed by atoms with Gasteiger partial charge in [-0.2, -0.15) is 0 Å². The van der Waals surface area contributed by atoms with Crippen molar-refractivity contribution in [2.24, 2.45) is 0 Å². The van der Waals surface area contributed by atoms with Gasteiger partial charge >= 0.3 is 0 Å². The highest BCUT2D eigenvalue weighted by Crippen LogP contribution is 2.32. The Balaban J connectivity index is 1.60. The van der Waals surface area contributed by atoms with Crippen LogP contribution in [-0.4, -0.2) is 42.1 Å². The van der Waals surface area contributed by atoms with Gasteiger partial charge in [-0.1, -0.05) is 11.2 Å². The molecule has 1 saturated heterocycles. The summed E-state index contributed by atoms with van der Waals surface area (Å²) in [7, 11) is 0. The van der Waals surface area contributed by atoms with Crippen LogP contribution in [0.1, 0.15) is 24.5 Å². The van der Waals surface area contributed by atoms with Gasteiger partial charge in [0.1, 0.15) is 5.82 Å². The monoisotopic (exact) mass is 317 g/mol. The lowest BCUT2D eigenvalue weighted by molar-refractivity contribution is -0.122. The number of nitrogens with zero attached hydrogens (tertiary/aromatic N) is 2. The molecule has 0 atom stereocenters. The Hall–Kier alpha value is -2.21. The van der Waals surface area contributed by atoms with Crippen LogP contribution in [-0.2, 0) is 4.79 Å². The average molecular weight is 317 g/mol. The van der Waals surface area contributed by atoms with Crippen LogP contribution in [0.5, 0.6) is 0 Å². The number of amides is 1. The number of halogens is 1. The zero-order chi connectivity index (χ0) is 16.2. The number of nitrogens with one attached hydrogen (secondary N) is 1. The van der Waals surface area contributed by atoms with Crippen molar-refractivity contribution in [1.29, 1.82) is 0 Å². The molecule has 1 aromatic heterocycles. The number of aromatic nitrogens is 1. The first-order chi connectivity index (χ1) is 11.2. The van der Waals surface area contributed by atoms with E-state index in [-0.39, 0.29) is 17.6 Å². The van der Waals surface area contributed by atoms with Crippen molar-refractivity contribution in [2.45, 2.75) is 18.8 Å². The number of carbonyl (C=O) groups is 1. The maximum Gasteiger partial charge on any atom is 0.234 e. The molecule has 1 amide bonds.